The van der Waals surface area contributed by atoms with Gasteiger partial charge in [-0.25, -0.2) is 0 Å². The van der Waals surface area contributed by atoms with Crippen LogP contribution < -0.4 is 5.32 Å². The first-order chi connectivity index (χ1) is 7.33. The number of hydrogen-bond acceptors (Lipinski definition) is 3. The number of hydrogen-bond donors (Lipinski definition) is 1. The molecular formula is C11H14N2O2. The van der Waals surface area contributed by atoms with Crippen LogP contribution in [0.3, 0.4) is 0 Å². The zero-order chi connectivity index (χ0) is 10.3. The first-order valence-corrected chi connectivity index (χ1v) is 5.39. The molecule has 2 aliphatic heterocycles. The van der Waals surface area contributed by atoms with Gasteiger partial charge in [0.1, 0.15) is 0 Å². The van der Waals surface area contributed by atoms with Crippen molar-refractivity contribution in [2.45, 2.75) is 12.5 Å². The highest BCUT2D eigenvalue weighted by atomic mass is 16.3. The molecule has 1 aromatic heterocycles. The summed E-state index contributed by atoms with van der Waals surface area (Å²) in [5.74, 6) is 1.11. The average molecular weight is 206 g/mol. The lowest BCUT2D eigenvalue weighted by Crippen LogP contribution is -2.44. The van der Waals surface area contributed by atoms with E-state index < -0.39 is 0 Å². The Kier molecular flexibility index (Phi) is 2.02. The van der Waals surface area contributed by atoms with Crippen LogP contribution in [0, 0.1) is 5.92 Å². The Balaban J connectivity index is 1.75. The molecule has 0 aliphatic carbocycles. The van der Waals surface area contributed by atoms with Crippen LogP contribution in [0.5, 0.6) is 0 Å². The number of fused-ring (bicyclic) bond motifs is 2. The Bertz CT molecular complexity index is 349. The lowest BCUT2D eigenvalue weighted by Gasteiger charge is -2.30. The summed E-state index contributed by atoms with van der Waals surface area (Å²) in [5, 5.41) is 3.42. The van der Waals surface area contributed by atoms with Gasteiger partial charge in [0, 0.05) is 25.7 Å². The number of piperidine rings is 1. The molecule has 3 rings (SSSR count). The monoisotopic (exact) mass is 206 g/mol. The maximum Gasteiger partial charge on any atom is 0.289 e. The molecule has 4 heteroatoms. The van der Waals surface area contributed by atoms with Gasteiger partial charge in [-0.2, -0.15) is 0 Å². The molecule has 0 radical (unpaired) electrons. The number of nitrogens with zero attached hydrogens (tertiary/aromatic N) is 1. The van der Waals surface area contributed by atoms with Crippen molar-refractivity contribution in [3.63, 3.8) is 0 Å². The van der Waals surface area contributed by atoms with Crippen LogP contribution in [0.25, 0.3) is 0 Å². The summed E-state index contributed by atoms with van der Waals surface area (Å²) in [5.41, 5.74) is 0. The van der Waals surface area contributed by atoms with E-state index in [1.165, 1.54) is 6.42 Å². The molecule has 0 aromatic carbocycles. The number of nitrogens with one attached hydrogen (secondary N) is 1. The van der Waals surface area contributed by atoms with Crippen LogP contribution in [0.15, 0.2) is 22.8 Å². The number of rotatable bonds is 1. The smallest absolute Gasteiger partial charge is 0.289 e. The highest BCUT2D eigenvalue weighted by Gasteiger charge is 2.35. The molecule has 3 heterocycles. The van der Waals surface area contributed by atoms with E-state index in [-0.39, 0.29) is 5.91 Å². The van der Waals surface area contributed by atoms with E-state index in [0.717, 1.165) is 19.6 Å². The molecule has 2 fully saturated rings. The van der Waals surface area contributed by atoms with Gasteiger partial charge in [-0.3, -0.25) is 4.79 Å². The number of amides is 1. The topological polar surface area (TPSA) is 45.5 Å². The zero-order valence-corrected chi connectivity index (χ0v) is 8.48. The lowest BCUT2D eigenvalue weighted by molar-refractivity contribution is 0.0659. The summed E-state index contributed by atoms with van der Waals surface area (Å²) in [6.07, 6.45) is 2.76. The van der Waals surface area contributed by atoms with Gasteiger partial charge in [-0.15, -0.1) is 0 Å². The van der Waals surface area contributed by atoms with Crippen molar-refractivity contribution in [2.24, 2.45) is 5.92 Å². The van der Waals surface area contributed by atoms with Crippen LogP contribution in [0.4, 0.5) is 0 Å². The Morgan fingerprint density at radius 2 is 2.47 bits per heavy atom. The van der Waals surface area contributed by atoms with E-state index in [4.69, 9.17) is 4.42 Å². The lowest BCUT2D eigenvalue weighted by atomic mass is 10.00. The maximum absolute atomic E-state index is 12.0. The summed E-state index contributed by atoms with van der Waals surface area (Å²) >= 11 is 0. The molecule has 2 atom stereocenters. The predicted octanol–water partition coefficient (Wildman–Crippen LogP) is 0.714. The van der Waals surface area contributed by atoms with Gasteiger partial charge >= 0.3 is 0 Å². The van der Waals surface area contributed by atoms with Crippen LogP contribution in [0.1, 0.15) is 17.0 Å². The molecular weight excluding hydrogens is 192 g/mol. The van der Waals surface area contributed by atoms with Crippen molar-refractivity contribution in [3.05, 3.63) is 24.2 Å². The SMILES string of the molecule is O=C(c1ccco1)N1C[C@H]2CN[C@@H](C2)C1. The van der Waals surface area contributed by atoms with Crippen molar-refractivity contribution in [1.82, 2.24) is 10.2 Å². The highest BCUT2D eigenvalue weighted by Crippen LogP contribution is 2.23. The third kappa shape index (κ3) is 1.55. The molecule has 0 saturated carbocycles. The van der Waals surface area contributed by atoms with Crippen LogP contribution in [-0.2, 0) is 0 Å². The Morgan fingerprint density at radius 3 is 3.20 bits per heavy atom. The second-order valence-corrected chi connectivity index (χ2v) is 4.39. The number of likely N-dealkylation sites (tertiary alicyclic amines) is 1. The summed E-state index contributed by atoms with van der Waals surface area (Å²) in [6, 6.07) is 3.97. The molecule has 1 N–H and O–H groups in total. The molecule has 4 nitrogen and oxygen atoms in total. The van der Waals surface area contributed by atoms with E-state index in [1.54, 1.807) is 18.4 Å². The van der Waals surface area contributed by atoms with Gasteiger partial charge in [0.25, 0.3) is 5.91 Å². The third-order valence-electron chi connectivity index (χ3n) is 3.25. The van der Waals surface area contributed by atoms with Gasteiger partial charge < -0.3 is 14.6 Å². The standard InChI is InChI=1S/C11H14N2O2/c14-11(10-2-1-3-15-10)13-6-8-4-9(7-13)12-5-8/h1-3,8-9,12H,4-7H2/t8-,9+/m1/s1. The van der Waals surface area contributed by atoms with Crippen molar-refractivity contribution in [3.8, 4) is 0 Å². The largest absolute Gasteiger partial charge is 0.459 e. The van der Waals surface area contributed by atoms with E-state index >= 15 is 0 Å². The predicted molar refractivity (Wildman–Crippen MR) is 54.5 cm³/mol. The van der Waals surface area contributed by atoms with Gasteiger partial charge in [-0.1, -0.05) is 0 Å². The van der Waals surface area contributed by atoms with E-state index in [9.17, 15) is 4.79 Å². The molecule has 2 aliphatic rings. The second-order valence-electron chi connectivity index (χ2n) is 4.39. The first-order valence-electron chi connectivity index (χ1n) is 5.39. The van der Waals surface area contributed by atoms with Gasteiger partial charge in [0.05, 0.1) is 6.26 Å². The normalized spacial score (nSPS) is 29.5. The highest BCUT2D eigenvalue weighted by molar-refractivity contribution is 5.91. The summed E-state index contributed by atoms with van der Waals surface area (Å²) in [4.78, 5) is 13.9. The molecule has 80 valence electrons. The van der Waals surface area contributed by atoms with Crippen molar-refractivity contribution in [1.29, 1.82) is 0 Å². The van der Waals surface area contributed by atoms with Crippen molar-refractivity contribution >= 4 is 5.91 Å². The number of furan rings is 1. The summed E-state index contributed by atoms with van der Waals surface area (Å²) < 4.78 is 5.13. The fraction of sp³-hybridized carbons (Fsp3) is 0.545. The molecule has 15 heavy (non-hydrogen) atoms. The molecule has 0 spiro atoms. The molecule has 1 aromatic rings. The van der Waals surface area contributed by atoms with E-state index in [0.29, 0.717) is 17.7 Å². The van der Waals surface area contributed by atoms with Crippen LogP contribution in [0.2, 0.25) is 0 Å². The molecule has 1 amide bonds. The van der Waals surface area contributed by atoms with Crippen LogP contribution >= 0.6 is 0 Å². The fourth-order valence-corrected chi connectivity index (χ4v) is 2.55. The quantitative estimate of drug-likeness (QED) is 0.736. The van der Waals surface area contributed by atoms with Gasteiger partial charge in [0.2, 0.25) is 0 Å². The van der Waals surface area contributed by atoms with Crippen molar-refractivity contribution in [2.75, 3.05) is 19.6 Å². The third-order valence-corrected chi connectivity index (χ3v) is 3.25. The second kappa shape index (κ2) is 3.38. The summed E-state index contributed by atoms with van der Waals surface area (Å²) in [7, 11) is 0. The van der Waals surface area contributed by atoms with Gasteiger partial charge in [0.15, 0.2) is 5.76 Å². The fourth-order valence-electron chi connectivity index (χ4n) is 2.55. The average Bonchev–Trinajstić information content (AvgIpc) is 2.87. The molecule has 2 saturated heterocycles. The molecule has 2 bridgehead atoms. The Labute approximate surface area is 88.2 Å². The number of carbonyl (C=O) groups is 1. The van der Waals surface area contributed by atoms with Crippen molar-refractivity contribution < 1.29 is 9.21 Å². The zero-order valence-electron chi connectivity index (χ0n) is 8.48. The Morgan fingerprint density at radius 1 is 1.53 bits per heavy atom. The Hall–Kier alpha value is -1.29. The summed E-state index contributed by atoms with van der Waals surface area (Å²) in [6.45, 7) is 2.73. The minimum absolute atomic E-state index is 0.0263. The maximum atomic E-state index is 12.0. The van der Waals surface area contributed by atoms with Gasteiger partial charge in [-0.05, 0) is 24.5 Å². The van der Waals surface area contributed by atoms with Crippen LogP contribution in [-0.4, -0.2) is 36.5 Å². The first kappa shape index (κ1) is 8.97. The minimum atomic E-state index is 0.0263. The number of carbonyl (C=O) groups excluding carboxylic acids is 1. The molecule has 0 unspecified atom stereocenters. The van der Waals surface area contributed by atoms with E-state index in [1.807, 2.05) is 4.90 Å². The minimum Gasteiger partial charge on any atom is -0.459 e. The van der Waals surface area contributed by atoms with E-state index in [2.05, 4.69) is 5.32 Å².